The van der Waals surface area contributed by atoms with E-state index >= 15 is 0 Å². The summed E-state index contributed by atoms with van der Waals surface area (Å²) in [6.45, 7) is 0.660. The van der Waals surface area contributed by atoms with Crippen molar-refractivity contribution in [2.24, 2.45) is 0 Å². The van der Waals surface area contributed by atoms with Crippen molar-refractivity contribution < 1.29 is 29.3 Å². The molecule has 2 unspecified atom stereocenters. The van der Waals surface area contributed by atoms with Crippen LogP contribution in [0.15, 0.2) is 0 Å². The van der Waals surface area contributed by atoms with Crippen molar-refractivity contribution in [2.45, 2.75) is 19.0 Å². The van der Waals surface area contributed by atoms with Crippen molar-refractivity contribution in [1.29, 1.82) is 21.0 Å². The minimum absolute atomic E-state index is 0.0406. The average Bonchev–Trinajstić information content (AvgIpc) is 2.61. The highest BCUT2D eigenvalue weighted by Crippen LogP contribution is 2.00. The van der Waals surface area contributed by atoms with Gasteiger partial charge in [-0.3, -0.25) is 24.2 Å². The lowest BCUT2D eigenvalue weighted by Gasteiger charge is -2.22. The molecule has 0 heterocycles. The Hall–Kier alpha value is -3.71. The number of hydrogen-bond donors (Lipinski definition) is 2. The van der Waals surface area contributed by atoms with Crippen LogP contribution in [-0.2, 0) is 19.1 Å². The molecule has 2 atom stereocenters. The van der Waals surface area contributed by atoms with Crippen LogP contribution in [0, 0.1) is 45.3 Å². The lowest BCUT2D eigenvalue weighted by molar-refractivity contribution is -0.147. The van der Waals surface area contributed by atoms with E-state index in [0.717, 1.165) is 4.90 Å². The van der Waals surface area contributed by atoms with E-state index in [-0.39, 0.29) is 39.3 Å². The molecule has 0 saturated heterocycles. The Bertz CT molecular complexity index is 624. The van der Waals surface area contributed by atoms with Crippen LogP contribution >= 0.6 is 0 Å². The summed E-state index contributed by atoms with van der Waals surface area (Å²) in [4.78, 5) is 33.5. The van der Waals surface area contributed by atoms with Crippen molar-refractivity contribution in [2.75, 3.05) is 32.8 Å². The molecule has 0 aliphatic rings. The first-order valence-electron chi connectivity index (χ1n) is 7.27. The monoisotopic (exact) mass is 378 g/mol. The minimum atomic E-state index is -1.25. The molecule has 0 aromatic carbocycles. The van der Waals surface area contributed by atoms with Crippen molar-refractivity contribution in [1.82, 2.24) is 9.80 Å². The van der Waals surface area contributed by atoms with Crippen molar-refractivity contribution in [3.8, 4) is 24.3 Å². The molecule has 12 nitrogen and oxygen atoms in total. The predicted octanol–water partition coefficient (Wildman–Crippen LogP) is -1.23. The summed E-state index contributed by atoms with van der Waals surface area (Å²) >= 11 is 0. The Kier molecular flexibility index (Phi) is 14.9. The van der Waals surface area contributed by atoms with E-state index in [2.05, 4.69) is 4.74 Å². The van der Waals surface area contributed by atoms with Crippen LogP contribution in [0.5, 0.6) is 0 Å². The van der Waals surface area contributed by atoms with Crippen molar-refractivity contribution in [3.63, 3.8) is 0 Å². The highest BCUT2D eigenvalue weighted by molar-refractivity contribution is 5.74. The van der Waals surface area contributed by atoms with Gasteiger partial charge in [0, 0.05) is 0 Å². The molecule has 0 amide bonds. The number of nitriles is 4. The van der Waals surface area contributed by atoms with E-state index in [4.69, 9.17) is 31.3 Å². The fourth-order valence-electron chi connectivity index (χ4n) is 1.59. The first-order chi connectivity index (χ1) is 12.8. The van der Waals surface area contributed by atoms with E-state index in [1.54, 1.807) is 24.3 Å². The number of carboxylic acid groups (broad SMARTS) is 2. The van der Waals surface area contributed by atoms with Gasteiger partial charge in [-0.05, 0) is 6.92 Å². The molecule has 0 aromatic heterocycles. The van der Waals surface area contributed by atoms with Gasteiger partial charge in [-0.2, -0.15) is 21.0 Å². The molecule has 0 fully saturated rings. The van der Waals surface area contributed by atoms with Gasteiger partial charge in [-0.25, -0.2) is 0 Å². The van der Waals surface area contributed by atoms with Gasteiger partial charge < -0.3 is 14.9 Å². The van der Waals surface area contributed by atoms with Gasteiger partial charge in [0.05, 0.1) is 50.5 Å². The molecule has 12 heteroatoms. The standard InChI is InChI=1S/C8H9N3O4.C7H9N3O2/c9-1-3-11(4-2-10)7(8(13)14)5-15-6-12;1-6(7(11)12)10(4-2-8)5-3-9/h6-7H,3-5H2,(H,13,14);6H,4-5H2,1H3,(H,11,12). The zero-order valence-corrected chi connectivity index (χ0v) is 14.5. The highest BCUT2D eigenvalue weighted by atomic mass is 16.5. The second-order valence-corrected chi connectivity index (χ2v) is 4.74. The Morgan fingerprint density at radius 2 is 1.33 bits per heavy atom. The first-order valence-corrected chi connectivity index (χ1v) is 7.27. The third kappa shape index (κ3) is 11.5. The molecule has 0 aromatic rings. The number of carbonyl (C=O) groups is 3. The van der Waals surface area contributed by atoms with Crippen molar-refractivity contribution >= 4 is 18.4 Å². The number of aliphatic carboxylic acids is 2. The van der Waals surface area contributed by atoms with Gasteiger partial charge in [0.1, 0.15) is 18.7 Å². The molecule has 0 aliphatic heterocycles. The number of carboxylic acids is 2. The summed E-state index contributed by atoms with van der Waals surface area (Å²) < 4.78 is 4.31. The Morgan fingerprint density at radius 1 is 0.926 bits per heavy atom. The molecule has 0 spiro atoms. The van der Waals surface area contributed by atoms with Gasteiger partial charge in [0.2, 0.25) is 0 Å². The van der Waals surface area contributed by atoms with Gasteiger partial charge in [0.15, 0.2) is 0 Å². The van der Waals surface area contributed by atoms with E-state index in [1.165, 1.54) is 11.8 Å². The second-order valence-electron chi connectivity index (χ2n) is 4.74. The van der Waals surface area contributed by atoms with Crippen LogP contribution in [0.25, 0.3) is 0 Å². The Balaban J connectivity index is 0. The molecule has 144 valence electrons. The van der Waals surface area contributed by atoms with Crippen LogP contribution in [0.1, 0.15) is 6.92 Å². The lowest BCUT2D eigenvalue weighted by Crippen LogP contribution is -2.44. The number of hydrogen-bond acceptors (Lipinski definition) is 10. The van der Waals surface area contributed by atoms with Crippen molar-refractivity contribution in [3.05, 3.63) is 0 Å². The molecular formula is C15H18N6O6. The van der Waals surface area contributed by atoms with Gasteiger partial charge >= 0.3 is 11.9 Å². The van der Waals surface area contributed by atoms with E-state index in [0.29, 0.717) is 0 Å². The molecule has 0 aliphatic carbocycles. The summed E-state index contributed by atoms with van der Waals surface area (Å²) in [6, 6.07) is 5.10. The SMILES string of the molecule is CC(C(=O)O)N(CC#N)CC#N.N#CCN(CC#N)C(COC=O)C(=O)O. The zero-order chi connectivity index (χ0) is 21.2. The van der Waals surface area contributed by atoms with Gasteiger partial charge in [0.25, 0.3) is 6.47 Å². The molecular weight excluding hydrogens is 360 g/mol. The number of nitrogens with zero attached hydrogens (tertiary/aromatic N) is 6. The third-order valence-electron chi connectivity index (χ3n) is 3.05. The van der Waals surface area contributed by atoms with Crippen LogP contribution in [0.3, 0.4) is 0 Å². The summed E-state index contributed by atoms with van der Waals surface area (Å²) in [5, 5.41) is 50.7. The van der Waals surface area contributed by atoms with E-state index < -0.39 is 24.0 Å². The summed E-state index contributed by atoms with van der Waals surface area (Å²) in [5.74, 6) is -2.28. The number of ether oxygens (including phenoxy) is 1. The molecule has 0 radical (unpaired) electrons. The lowest BCUT2D eigenvalue weighted by atomic mass is 10.2. The number of rotatable bonds is 11. The van der Waals surface area contributed by atoms with Crippen LogP contribution < -0.4 is 0 Å². The fraction of sp³-hybridized carbons (Fsp3) is 0.533. The molecule has 27 heavy (non-hydrogen) atoms. The maximum absolute atomic E-state index is 10.7. The second kappa shape index (κ2) is 15.8. The van der Waals surface area contributed by atoms with Crippen LogP contribution in [-0.4, -0.2) is 83.3 Å². The maximum atomic E-state index is 10.7. The highest BCUT2D eigenvalue weighted by Gasteiger charge is 2.25. The molecule has 0 saturated carbocycles. The minimum Gasteiger partial charge on any atom is -0.480 e. The number of carbonyl (C=O) groups excluding carboxylic acids is 1. The molecule has 2 N–H and O–H groups in total. The Labute approximate surface area is 155 Å². The summed E-state index contributed by atoms with van der Waals surface area (Å²) in [7, 11) is 0. The van der Waals surface area contributed by atoms with E-state index in [9.17, 15) is 14.4 Å². The van der Waals surface area contributed by atoms with Gasteiger partial charge in [-0.15, -0.1) is 0 Å². The average molecular weight is 378 g/mol. The van der Waals surface area contributed by atoms with Crippen LogP contribution in [0.2, 0.25) is 0 Å². The van der Waals surface area contributed by atoms with Gasteiger partial charge in [-0.1, -0.05) is 0 Å². The quantitative estimate of drug-likeness (QED) is 0.320. The topological polar surface area (TPSA) is 203 Å². The largest absolute Gasteiger partial charge is 0.480 e. The zero-order valence-electron chi connectivity index (χ0n) is 14.5. The summed E-state index contributed by atoms with van der Waals surface area (Å²) in [5.41, 5.74) is 0. The predicted molar refractivity (Wildman–Crippen MR) is 86.1 cm³/mol. The maximum Gasteiger partial charge on any atom is 0.324 e. The fourth-order valence-corrected chi connectivity index (χ4v) is 1.59. The van der Waals surface area contributed by atoms with Crippen LogP contribution in [0.4, 0.5) is 0 Å². The van der Waals surface area contributed by atoms with E-state index in [1.807, 2.05) is 0 Å². The normalized spacial score (nSPS) is 11.4. The first kappa shape index (κ1) is 25.5. The molecule has 0 bridgehead atoms. The summed E-state index contributed by atoms with van der Waals surface area (Å²) in [6.07, 6.45) is 0. The molecule has 0 rings (SSSR count). The smallest absolute Gasteiger partial charge is 0.324 e. The third-order valence-corrected chi connectivity index (χ3v) is 3.05. The Morgan fingerprint density at radius 3 is 1.63 bits per heavy atom.